The highest BCUT2D eigenvalue weighted by Crippen LogP contribution is 2.22. The van der Waals surface area contributed by atoms with E-state index in [1.165, 1.54) is 29.5 Å². The van der Waals surface area contributed by atoms with Gasteiger partial charge in [-0.2, -0.15) is 4.98 Å². The summed E-state index contributed by atoms with van der Waals surface area (Å²) in [5.74, 6) is -0.488. The fraction of sp³-hybridized carbons (Fsp3) is 0.154. The maximum absolute atomic E-state index is 12.2. The molecule has 3 rings (SSSR count). The number of hydrogen-bond donors (Lipinski definition) is 1. The first-order chi connectivity index (χ1) is 10.5. The highest BCUT2D eigenvalue weighted by molar-refractivity contribution is 7.17. The lowest BCUT2D eigenvalue weighted by Gasteiger charge is -2.01. The molecule has 2 aromatic heterocycles. The predicted octanol–water partition coefficient (Wildman–Crippen LogP) is 2.57. The molecule has 1 aromatic carbocycles. The molecule has 0 aliphatic rings. The van der Waals surface area contributed by atoms with Gasteiger partial charge in [0.15, 0.2) is 0 Å². The molecular weight excluding hydrogens is 306 g/mol. The summed E-state index contributed by atoms with van der Waals surface area (Å²) in [4.78, 5) is 28.5. The first-order valence-corrected chi connectivity index (χ1v) is 7.16. The maximum Gasteiger partial charge on any atom is 0.282 e. The molecule has 112 valence electrons. The summed E-state index contributed by atoms with van der Waals surface area (Å²) in [5, 5.41) is 17.6. The Balaban J connectivity index is 1.91. The lowest BCUT2D eigenvalue weighted by atomic mass is 10.1. The van der Waals surface area contributed by atoms with Crippen molar-refractivity contribution in [1.29, 1.82) is 0 Å². The molecule has 0 aliphatic carbocycles. The van der Waals surface area contributed by atoms with E-state index in [-0.39, 0.29) is 17.2 Å². The SMILES string of the molecule is Cc1sc2nc(NC(=O)c3ccccc3[N+](=O)[O-])nn2c1C. The van der Waals surface area contributed by atoms with E-state index in [1.54, 1.807) is 10.6 Å². The molecule has 0 bridgehead atoms. The van der Waals surface area contributed by atoms with Crippen molar-refractivity contribution in [1.82, 2.24) is 14.6 Å². The summed E-state index contributed by atoms with van der Waals surface area (Å²) >= 11 is 1.46. The number of nitrogens with zero attached hydrogens (tertiary/aromatic N) is 4. The number of aromatic nitrogens is 3. The minimum atomic E-state index is -0.611. The van der Waals surface area contributed by atoms with Gasteiger partial charge in [-0.15, -0.1) is 5.10 Å². The van der Waals surface area contributed by atoms with Crippen LogP contribution in [0.25, 0.3) is 4.96 Å². The smallest absolute Gasteiger partial charge is 0.282 e. The molecule has 3 aromatic rings. The minimum Gasteiger partial charge on any atom is -0.289 e. The topological polar surface area (TPSA) is 102 Å². The second kappa shape index (κ2) is 5.19. The van der Waals surface area contributed by atoms with Crippen molar-refractivity contribution >= 4 is 33.8 Å². The summed E-state index contributed by atoms with van der Waals surface area (Å²) in [6.45, 7) is 3.86. The van der Waals surface area contributed by atoms with Crippen molar-refractivity contribution in [2.24, 2.45) is 0 Å². The van der Waals surface area contributed by atoms with Crippen molar-refractivity contribution < 1.29 is 9.72 Å². The number of anilines is 1. The molecule has 0 saturated heterocycles. The van der Waals surface area contributed by atoms with Crippen LogP contribution >= 0.6 is 11.3 Å². The standard InChI is InChI=1S/C13H11N5O3S/c1-7-8(2)22-13-15-12(16-17(7)13)14-11(19)9-5-3-4-6-10(9)18(20)21/h3-6H,1-2H3,(H,14,16,19). The van der Waals surface area contributed by atoms with Crippen molar-refractivity contribution in [2.45, 2.75) is 13.8 Å². The highest BCUT2D eigenvalue weighted by Gasteiger charge is 2.21. The number of nitrogens with one attached hydrogen (secondary N) is 1. The first-order valence-electron chi connectivity index (χ1n) is 6.35. The number of nitro benzene ring substituents is 1. The lowest BCUT2D eigenvalue weighted by Crippen LogP contribution is -2.15. The molecule has 0 spiro atoms. The van der Waals surface area contributed by atoms with Crippen molar-refractivity contribution in [2.75, 3.05) is 5.32 Å². The number of para-hydroxylation sites is 1. The van der Waals surface area contributed by atoms with Gasteiger partial charge in [0.05, 0.1) is 10.6 Å². The van der Waals surface area contributed by atoms with E-state index in [0.29, 0.717) is 4.96 Å². The Kier molecular flexibility index (Phi) is 3.33. The van der Waals surface area contributed by atoms with Crippen LogP contribution in [-0.4, -0.2) is 25.4 Å². The zero-order chi connectivity index (χ0) is 15.9. The van der Waals surface area contributed by atoms with Crippen LogP contribution in [0.4, 0.5) is 11.6 Å². The summed E-state index contributed by atoms with van der Waals surface area (Å²) in [6, 6.07) is 5.74. The van der Waals surface area contributed by atoms with Crippen molar-refractivity contribution in [3.05, 3.63) is 50.5 Å². The van der Waals surface area contributed by atoms with Crippen LogP contribution in [0, 0.1) is 24.0 Å². The summed E-state index contributed by atoms with van der Waals surface area (Å²) < 4.78 is 1.63. The number of carbonyl (C=O) groups excluding carboxylic acids is 1. The van der Waals surface area contributed by atoms with Crippen molar-refractivity contribution in [3.8, 4) is 0 Å². The van der Waals surface area contributed by atoms with E-state index in [1.807, 2.05) is 13.8 Å². The monoisotopic (exact) mass is 317 g/mol. The van der Waals surface area contributed by atoms with E-state index in [2.05, 4.69) is 15.4 Å². The van der Waals surface area contributed by atoms with Gasteiger partial charge in [-0.3, -0.25) is 20.2 Å². The molecule has 0 fully saturated rings. The van der Waals surface area contributed by atoms with Gasteiger partial charge in [0.25, 0.3) is 17.5 Å². The van der Waals surface area contributed by atoms with Crippen LogP contribution in [0.15, 0.2) is 24.3 Å². The Morgan fingerprint density at radius 2 is 2.09 bits per heavy atom. The number of thiazole rings is 1. The third-order valence-corrected chi connectivity index (χ3v) is 4.27. The number of benzene rings is 1. The van der Waals surface area contributed by atoms with Gasteiger partial charge < -0.3 is 0 Å². The third-order valence-electron chi connectivity index (χ3n) is 3.22. The molecule has 0 atom stereocenters. The van der Waals surface area contributed by atoms with Crippen LogP contribution in [0.1, 0.15) is 20.9 Å². The Labute approximate surface area is 128 Å². The average Bonchev–Trinajstić information content (AvgIpc) is 2.98. The predicted molar refractivity (Wildman–Crippen MR) is 81.4 cm³/mol. The molecule has 0 unspecified atom stereocenters. The average molecular weight is 317 g/mol. The van der Waals surface area contributed by atoms with Crippen LogP contribution < -0.4 is 5.32 Å². The number of rotatable bonds is 3. The normalized spacial score (nSPS) is 10.8. The van der Waals surface area contributed by atoms with E-state index in [4.69, 9.17) is 0 Å². The number of amides is 1. The zero-order valence-electron chi connectivity index (χ0n) is 11.7. The van der Waals surface area contributed by atoms with Gasteiger partial charge >= 0.3 is 0 Å². The minimum absolute atomic E-state index is 0.0291. The summed E-state index contributed by atoms with van der Waals surface area (Å²) in [6.07, 6.45) is 0. The van der Waals surface area contributed by atoms with Gasteiger partial charge in [-0.25, -0.2) is 4.52 Å². The fourth-order valence-corrected chi connectivity index (χ4v) is 2.89. The van der Waals surface area contributed by atoms with E-state index >= 15 is 0 Å². The third kappa shape index (κ3) is 2.31. The second-order valence-corrected chi connectivity index (χ2v) is 5.78. The lowest BCUT2D eigenvalue weighted by molar-refractivity contribution is -0.385. The number of carbonyl (C=O) groups is 1. The van der Waals surface area contributed by atoms with Gasteiger partial charge in [-0.1, -0.05) is 23.5 Å². The van der Waals surface area contributed by atoms with Crippen LogP contribution in [0.3, 0.4) is 0 Å². The van der Waals surface area contributed by atoms with Crippen LogP contribution in [0.2, 0.25) is 0 Å². The highest BCUT2D eigenvalue weighted by atomic mass is 32.1. The molecule has 1 amide bonds. The van der Waals surface area contributed by atoms with Crippen molar-refractivity contribution in [3.63, 3.8) is 0 Å². The largest absolute Gasteiger partial charge is 0.289 e. The van der Waals surface area contributed by atoms with Gasteiger partial charge in [-0.05, 0) is 19.9 Å². The molecule has 0 aliphatic heterocycles. The molecule has 22 heavy (non-hydrogen) atoms. The Bertz CT molecular complexity index is 898. The molecule has 2 heterocycles. The quantitative estimate of drug-likeness (QED) is 0.591. The summed E-state index contributed by atoms with van der Waals surface area (Å²) in [7, 11) is 0. The van der Waals surface area contributed by atoms with Gasteiger partial charge in [0.1, 0.15) is 5.56 Å². The number of nitro groups is 1. The van der Waals surface area contributed by atoms with E-state index < -0.39 is 10.8 Å². The molecule has 0 radical (unpaired) electrons. The molecule has 9 heteroatoms. The number of fused-ring (bicyclic) bond motifs is 1. The van der Waals surface area contributed by atoms with Gasteiger partial charge in [0, 0.05) is 10.9 Å². The Morgan fingerprint density at radius 3 is 2.77 bits per heavy atom. The maximum atomic E-state index is 12.2. The number of aryl methyl sites for hydroxylation is 2. The first kappa shape index (κ1) is 14.1. The molecule has 0 saturated carbocycles. The number of hydrogen-bond acceptors (Lipinski definition) is 6. The van der Waals surface area contributed by atoms with Crippen LogP contribution in [-0.2, 0) is 0 Å². The molecule has 1 N–H and O–H groups in total. The Morgan fingerprint density at radius 1 is 1.36 bits per heavy atom. The Hall–Kier alpha value is -2.81. The van der Waals surface area contributed by atoms with E-state index in [9.17, 15) is 14.9 Å². The molecular formula is C13H11N5O3S. The second-order valence-electron chi connectivity index (χ2n) is 4.60. The van der Waals surface area contributed by atoms with E-state index in [0.717, 1.165) is 10.6 Å². The fourth-order valence-electron chi connectivity index (χ4n) is 1.99. The zero-order valence-corrected chi connectivity index (χ0v) is 12.5. The summed E-state index contributed by atoms with van der Waals surface area (Å²) in [5.41, 5.74) is 0.658. The van der Waals surface area contributed by atoms with Crippen LogP contribution in [0.5, 0.6) is 0 Å². The molecule has 8 nitrogen and oxygen atoms in total. The van der Waals surface area contributed by atoms with Gasteiger partial charge in [0.2, 0.25) is 4.96 Å².